The maximum atomic E-state index is 13.6. The first-order chi connectivity index (χ1) is 12.3. The predicted molar refractivity (Wildman–Crippen MR) is 92.9 cm³/mol. The van der Waals surface area contributed by atoms with Gasteiger partial charge in [0.15, 0.2) is 0 Å². The Bertz CT molecular complexity index is 830. The molecule has 0 unspecified atom stereocenters. The van der Waals surface area contributed by atoms with Crippen molar-refractivity contribution in [3.05, 3.63) is 64.2 Å². The fourth-order valence-corrected chi connectivity index (χ4v) is 2.66. The maximum absolute atomic E-state index is 13.6. The van der Waals surface area contributed by atoms with Crippen LogP contribution in [0.3, 0.4) is 0 Å². The summed E-state index contributed by atoms with van der Waals surface area (Å²) >= 11 is 6.03. The smallest absolute Gasteiger partial charge is 0.240 e. The molecular formula is C18H17ClF2N2O3. The highest BCUT2D eigenvalue weighted by molar-refractivity contribution is 6.32. The molecule has 0 aliphatic heterocycles. The Labute approximate surface area is 154 Å². The first-order valence-corrected chi connectivity index (χ1v) is 8.03. The molecule has 0 bridgehead atoms. The number of nitrogens with two attached hydrogens (primary N) is 1. The van der Waals surface area contributed by atoms with Crippen molar-refractivity contribution in [1.29, 1.82) is 0 Å². The molecule has 0 saturated carbocycles. The predicted octanol–water partition coefficient (Wildman–Crippen LogP) is 2.38. The van der Waals surface area contributed by atoms with E-state index in [2.05, 4.69) is 5.32 Å². The summed E-state index contributed by atoms with van der Waals surface area (Å²) in [7, 11) is 1.47. The van der Waals surface area contributed by atoms with E-state index in [1.807, 2.05) is 0 Å². The van der Waals surface area contributed by atoms with Crippen LogP contribution in [-0.4, -0.2) is 25.0 Å². The van der Waals surface area contributed by atoms with Gasteiger partial charge in [-0.15, -0.1) is 0 Å². The molecule has 138 valence electrons. The zero-order valence-corrected chi connectivity index (χ0v) is 14.6. The highest BCUT2D eigenvalue weighted by Gasteiger charge is 2.20. The number of methoxy groups -OCH3 is 1. The van der Waals surface area contributed by atoms with Gasteiger partial charge in [-0.3, -0.25) is 9.59 Å². The number of halogens is 3. The van der Waals surface area contributed by atoms with Crippen LogP contribution in [-0.2, 0) is 22.4 Å². The summed E-state index contributed by atoms with van der Waals surface area (Å²) in [6.45, 7) is 0. The quantitative estimate of drug-likeness (QED) is 0.771. The van der Waals surface area contributed by atoms with Crippen molar-refractivity contribution in [2.75, 3.05) is 7.11 Å². The molecule has 0 heterocycles. The Balaban J connectivity index is 2.06. The molecule has 0 radical (unpaired) electrons. The van der Waals surface area contributed by atoms with Crippen LogP contribution in [0.1, 0.15) is 11.1 Å². The number of benzene rings is 2. The van der Waals surface area contributed by atoms with E-state index < -0.39 is 29.5 Å². The van der Waals surface area contributed by atoms with Crippen LogP contribution >= 0.6 is 11.6 Å². The molecule has 2 aromatic rings. The van der Waals surface area contributed by atoms with Crippen molar-refractivity contribution in [1.82, 2.24) is 5.32 Å². The highest BCUT2D eigenvalue weighted by atomic mass is 35.5. The Kier molecular flexibility index (Phi) is 6.52. The van der Waals surface area contributed by atoms with E-state index in [1.165, 1.54) is 13.2 Å². The third-order valence-electron chi connectivity index (χ3n) is 3.70. The summed E-state index contributed by atoms with van der Waals surface area (Å²) < 4.78 is 31.6. The van der Waals surface area contributed by atoms with Gasteiger partial charge in [0, 0.05) is 12.5 Å². The number of hydrogen-bond acceptors (Lipinski definition) is 3. The van der Waals surface area contributed by atoms with E-state index in [0.717, 1.165) is 6.07 Å². The Morgan fingerprint density at radius 1 is 1.23 bits per heavy atom. The van der Waals surface area contributed by atoms with E-state index in [0.29, 0.717) is 22.4 Å². The average Bonchev–Trinajstić information content (AvgIpc) is 2.57. The molecule has 0 aliphatic rings. The second kappa shape index (κ2) is 8.62. The number of carbonyl (C=O) groups is 2. The van der Waals surface area contributed by atoms with Crippen LogP contribution in [0.15, 0.2) is 36.4 Å². The Hall–Kier alpha value is -2.67. The molecule has 0 aromatic heterocycles. The molecule has 2 aromatic carbocycles. The Morgan fingerprint density at radius 2 is 1.96 bits per heavy atom. The summed E-state index contributed by atoms with van der Waals surface area (Å²) in [5.74, 6) is -2.46. The zero-order chi connectivity index (χ0) is 19.3. The third-order valence-corrected chi connectivity index (χ3v) is 4.00. The fourth-order valence-electron chi connectivity index (χ4n) is 2.38. The molecule has 2 amide bonds. The van der Waals surface area contributed by atoms with Gasteiger partial charge in [-0.1, -0.05) is 23.7 Å². The number of primary amides is 1. The van der Waals surface area contributed by atoms with Crippen LogP contribution in [0.2, 0.25) is 5.02 Å². The van der Waals surface area contributed by atoms with Gasteiger partial charge in [-0.05, 0) is 29.3 Å². The molecule has 26 heavy (non-hydrogen) atoms. The molecule has 3 N–H and O–H groups in total. The summed E-state index contributed by atoms with van der Waals surface area (Å²) in [6, 6.07) is 6.83. The van der Waals surface area contributed by atoms with E-state index in [9.17, 15) is 18.4 Å². The number of hydrogen-bond donors (Lipinski definition) is 2. The largest absolute Gasteiger partial charge is 0.495 e. The van der Waals surface area contributed by atoms with Gasteiger partial charge in [0.2, 0.25) is 11.8 Å². The van der Waals surface area contributed by atoms with E-state index in [1.54, 1.807) is 18.2 Å². The number of carbonyl (C=O) groups excluding carboxylic acids is 2. The standard InChI is InChI=1S/C18H17ClF2N2O3/c1-26-16-5-2-10(6-13(16)19)7-15(18(22)25)23-17(24)8-11-3-4-12(20)9-14(11)21/h2-6,9,15H,7-8H2,1H3,(H2,22,25)(H,23,24)/t15-/m1/s1. The van der Waals surface area contributed by atoms with Gasteiger partial charge in [0.1, 0.15) is 23.4 Å². The molecule has 5 nitrogen and oxygen atoms in total. The summed E-state index contributed by atoms with van der Waals surface area (Å²) in [5.41, 5.74) is 6.01. The van der Waals surface area contributed by atoms with Crippen LogP contribution in [0, 0.1) is 11.6 Å². The zero-order valence-electron chi connectivity index (χ0n) is 13.9. The fraction of sp³-hybridized carbons (Fsp3) is 0.222. The average molecular weight is 383 g/mol. The lowest BCUT2D eigenvalue weighted by atomic mass is 10.0. The van der Waals surface area contributed by atoms with Crippen molar-refractivity contribution >= 4 is 23.4 Å². The minimum absolute atomic E-state index is 0.0135. The molecule has 0 aliphatic carbocycles. The monoisotopic (exact) mass is 382 g/mol. The van der Waals surface area contributed by atoms with Gasteiger partial charge in [0.25, 0.3) is 0 Å². The number of rotatable bonds is 7. The summed E-state index contributed by atoms with van der Waals surface area (Å²) in [5, 5.41) is 2.81. The molecule has 8 heteroatoms. The topological polar surface area (TPSA) is 81.4 Å². The van der Waals surface area contributed by atoms with Gasteiger partial charge >= 0.3 is 0 Å². The first-order valence-electron chi connectivity index (χ1n) is 7.65. The van der Waals surface area contributed by atoms with Crippen molar-refractivity contribution in [3.63, 3.8) is 0 Å². The van der Waals surface area contributed by atoms with E-state index in [-0.39, 0.29) is 18.4 Å². The van der Waals surface area contributed by atoms with Gasteiger partial charge in [-0.25, -0.2) is 8.78 Å². The SMILES string of the molecule is COc1ccc(C[C@@H](NC(=O)Cc2ccc(F)cc2F)C(N)=O)cc1Cl. The number of amides is 2. The second-order valence-corrected chi connectivity index (χ2v) is 6.02. The highest BCUT2D eigenvalue weighted by Crippen LogP contribution is 2.25. The van der Waals surface area contributed by atoms with Crippen LogP contribution in [0.5, 0.6) is 5.75 Å². The van der Waals surface area contributed by atoms with E-state index >= 15 is 0 Å². The minimum atomic E-state index is -1.00. The van der Waals surface area contributed by atoms with Crippen molar-refractivity contribution in [2.45, 2.75) is 18.9 Å². The lowest BCUT2D eigenvalue weighted by Gasteiger charge is -2.16. The second-order valence-electron chi connectivity index (χ2n) is 5.61. The van der Waals surface area contributed by atoms with Crippen LogP contribution in [0.25, 0.3) is 0 Å². The molecule has 1 atom stereocenters. The molecule has 2 rings (SSSR count). The summed E-state index contributed by atoms with van der Waals surface area (Å²) in [4.78, 5) is 23.7. The number of ether oxygens (including phenoxy) is 1. The maximum Gasteiger partial charge on any atom is 0.240 e. The summed E-state index contributed by atoms with van der Waals surface area (Å²) in [6.07, 6.45) is -0.240. The van der Waals surface area contributed by atoms with Gasteiger partial charge < -0.3 is 15.8 Å². The normalized spacial score (nSPS) is 11.7. The van der Waals surface area contributed by atoms with Crippen LogP contribution < -0.4 is 15.8 Å². The van der Waals surface area contributed by atoms with Crippen LogP contribution in [0.4, 0.5) is 8.78 Å². The molecule has 0 fully saturated rings. The molecule has 0 spiro atoms. The number of nitrogens with one attached hydrogen (secondary N) is 1. The minimum Gasteiger partial charge on any atom is -0.495 e. The third kappa shape index (κ3) is 5.16. The lowest BCUT2D eigenvalue weighted by Crippen LogP contribution is -2.46. The van der Waals surface area contributed by atoms with Crippen molar-refractivity contribution in [3.8, 4) is 5.75 Å². The van der Waals surface area contributed by atoms with Gasteiger partial charge in [-0.2, -0.15) is 0 Å². The lowest BCUT2D eigenvalue weighted by molar-refractivity contribution is -0.127. The van der Waals surface area contributed by atoms with Crippen molar-refractivity contribution < 1.29 is 23.1 Å². The molecular weight excluding hydrogens is 366 g/mol. The van der Waals surface area contributed by atoms with E-state index in [4.69, 9.17) is 22.1 Å². The van der Waals surface area contributed by atoms with Crippen molar-refractivity contribution in [2.24, 2.45) is 5.73 Å². The first kappa shape index (κ1) is 19.7. The van der Waals surface area contributed by atoms with Gasteiger partial charge in [0.05, 0.1) is 18.6 Å². The molecule has 0 saturated heterocycles. The Morgan fingerprint density at radius 3 is 2.54 bits per heavy atom.